The lowest BCUT2D eigenvalue weighted by atomic mass is 10.1. The topological polar surface area (TPSA) is 96.2 Å². The Bertz CT molecular complexity index is 1340. The molecule has 1 aliphatic rings. The molecule has 2 N–H and O–H groups in total. The first-order valence-electron chi connectivity index (χ1n) is 11.2. The van der Waals surface area contributed by atoms with E-state index in [1.807, 2.05) is 50.2 Å². The van der Waals surface area contributed by atoms with E-state index in [4.69, 9.17) is 22.1 Å². The number of ether oxygens (including phenoxy) is 1. The van der Waals surface area contributed by atoms with Crippen LogP contribution in [-0.2, 0) is 9.53 Å². The number of nitrogens with zero attached hydrogens (tertiary/aromatic N) is 3. The van der Waals surface area contributed by atoms with Gasteiger partial charge in [0.15, 0.2) is 0 Å². The number of fused-ring (bicyclic) bond motifs is 1. The quantitative estimate of drug-likeness (QED) is 0.257. The molecule has 0 radical (unpaired) electrons. The number of carbonyl (C=O) groups excluding carboxylic acids is 1. The maximum atomic E-state index is 13.5. The molecule has 10 heteroatoms. The number of pyridine rings is 1. The van der Waals surface area contributed by atoms with E-state index < -0.39 is 0 Å². The fourth-order valence-corrected chi connectivity index (χ4v) is 5.16. The molecule has 1 fully saturated rings. The van der Waals surface area contributed by atoms with Gasteiger partial charge < -0.3 is 15.2 Å². The molecule has 0 unspecified atom stereocenters. The van der Waals surface area contributed by atoms with E-state index in [-0.39, 0.29) is 36.3 Å². The molecule has 2 aromatic heterocycles. The molecule has 1 amide bonds. The van der Waals surface area contributed by atoms with Crippen LogP contribution in [0.3, 0.4) is 0 Å². The zero-order valence-electron chi connectivity index (χ0n) is 19.4. The van der Waals surface area contributed by atoms with Crippen LogP contribution in [0.5, 0.6) is 0 Å². The second-order valence-electron chi connectivity index (χ2n) is 8.02. The number of benzene rings is 1. The Morgan fingerprint density at radius 2 is 1.97 bits per heavy atom. The lowest BCUT2D eigenvalue weighted by Gasteiger charge is -2.23. The molecule has 1 aliphatic heterocycles. The second kappa shape index (κ2) is 11.1. The summed E-state index contributed by atoms with van der Waals surface area (Å²) < 4.78 is 7.22. The summed E-state index contributed by atoms with van der Waals surface area (Å²) in [6.07, 6.45) is 3.29. The summed E-state index contributed by atoms with van der Waals surface area (Å²) >= 11 is 6.71. The zero-order valence-corrected chi connectivity index (χ0v) is 21.1. The largest absolute Gasteiger partial charge is 0.394 e. The van der Waals surface area contributed by atoms with Crippen LogP contribution in [0.25, 0.3) is 11.7 Å². The van der Waals surface area contributed by atoms with Gasteiger partial charge in [0.2, 0.25) is 0 Å². The summed E-state index contributed by atoms with van der Waals surface area (Å²) in [5, 5.41) is 12.0. The Morgan fingerprint density at radius 3 is 2.71 bits per heavy atom. The van der Waals surface area contributed by atoms with Crippen molar-refractivity contribution >= 4 is 51.7 Å². The highest BCUT2D eigenvalue weighted by Crippen LogP contribution is 2.38. The van der Waals surface area contributed by atoms with E-state index in [0.29, 0.717) is 33.8 Å². The van der Waals surface area contributed by atoms with Crippen LogP contribution in [0.1, 0.15) is 29.7 Å². The van der Waals surface area contributed by atoms with Crippen molar-refractivity contribution in [3.05, 3.63) is 80.6 Å². The number of aryl methyl sites for hydroxylation is 1. The van der Waals surface area contributed by atoms with Crippen LogP contribution < -0.4 is 10.9 Å². The highest BCUT2D eigenvalue weighted by molar-refractivity contribution is 8.26. The third kappa shape index (κ3) is 5.46. The number of carbonyl (C=O) groups is 1. The minimum absolute atomic E-state index is 0.0661. The monoisotopic (exact) mass is 510 g/mol. The van der Waals surface area contributed by atoms with E-state index in [9.17, 15) is 9.59 Å². The predicted molar refractivity (Wildman–Crippen MR) is 142 cm³/mol. The van der Waals surface area contributed by atoms with Gasteiger partial charge in [-0.05, 0) is 37.1 Å². The van der Waals surface area contributed by atoms with Crippen LogP contribution in [0.2, 0.25) is 0 Å². The molecule has 35 heavy (non-hydrogen) atoms. The molecule has 3 aromatic rings. The van der Waals surface area contributed by atoms with Crippen LogP contribution in [0.4, 0.5) is 5.82 Å². The molecule has 182 valence electrons. The van der Waals surface area contributed by atoms with Crippen molar-refractivity contribution in [2.24, 2.45) is 0 Å². The molecule has 0 bridgehead atoms. The van der Waals surface area contributed by atoms with Crippen LogP contribution in [0.15, 0.2) is 58.4 Å². The minimum atomic E-state index is -0.293. The number of hydrogen-bond acceptors (Lipinski definition) is 8. The number of aliphatic hydroxyl groups is 1. The number of thioether (sulfide) groups is 1. The van der Waals surface area contributed by atoms with Crippen molar-refractivity contribution in [3.8, 4) is 0 Å². The summed E-state index contributed by atoms with van der Waals surface area (Å²) in [4.78, 5) is 33.4. The first kappa shape index (κ1) is 25.1. The molecule has 1 saturated heterocycles. The first-order chi connectivity index (χ1) is 16.9. The van der Waals surface area contributed by atoms with Crippen molar-refractivity contribution < 1.29 is 14.6 Å². The van der Waals surface area contributed by atoms with Gasteiger partial charge in [0, 0.05) is 12.7 Å². The van der Waals surface area contributed by atoms with Crippen LogP contribution in [-0.4, -0.2) is 56.0 Å². The molecule has 8 nitrogen and oxygen atoms in total. The smallest absolute Gasteiger partial charge is 0.267 e. The van der Waals surface area contributed by atoms with E-state index in [2.05, 4.69) is 10.3 Å². The SMILES string of the molecule is Cc1ccc2nc(NCCOCCO)c(/C=C3\SC(=S)N([C@@H](C)c4ccccc4)C3=O)c(=O)n2c1. The number of thiocarbonyl (C=S) groups is 1. The standard InChI is InChI=1S/C25H26N4O4S2/c1-16-8-9-21-27-22(26-10-12-33-13-11-30)19(23(31)28(21)15-16)14-20-24(32)29(25(34)35-20)17(2)18-6-4-3-5-7-18/h3-9,14-15,17,26,30H,10-13H2,1-2H3/b20-14-/t17-/m0/s1. The minimum Gasteiger partial charge on any atom is -0.394 e. The van der Waals surface area contributed by atoms with E-state index in [1.54, 1.807) is 23.2 Å². The van der Waals surface area contributed by atoms with Crippen molar-refractivity contribution in [2.75, 3.05) is 31.7 Å². The average Bonchev–Trinajstić information content (AvgIpc) is 3.14. The number of anilines is 1. The Hall–Kier alpha value is -3.05. The molecular formula is C25H26N4O4S2. The summed E-state index contributed by atoms with van der Waals surface area (Å²) in [5.74, 6) is 0.107. The van der Waals surface area contributed by atoms with Crippen LogP contribution in [0, 0.1) is 6.92 Å². The summed E-state index contributed by atoms with van der Waals surface area (Å²) in [6, 6.07) is 13.1. The zero-order chi connectivity index (χ0) is 24.9. The number of amides is 1. The van der Waals surface area contributed by atoms with Crippen molar-refractivity contribution in [3.63, 3.8) is 0 Å². The normalized spacial score (nSPS) is 15.9. The predicted octanol–water partition coefficient (Wildman–Crippen LogP) is 3.39. The summed E-state index contributed by atoms with van der Waals surface area (Å²) in [5.41, 5.74) is 2.34. The fourth-order valence-electron chi connectivity index (χ4n) is 3.76. The van der Waals surface area contributed by atoms with Crippen molar-refractivity contribution in [1.82, 2.24) is 14.3 Å². The third-order valence-electron chi connectivity index (χ3n) is 5.55. The second-order valence-corrected chi connectivity index (χ2v) is 9.69. The molecule has 4 rings (SSSR count). The summed E-state index contributed by atoms with van der Waals surface area (Å²) in [7, 11) is 0. The molecule has 0 saturated carbocycles. The van der Waals surface area contributed by atoms with Gasteiger partial charge >= 0.3 is 0 Å². The Balaban J connectivity index is 1.70. The van der Waals surface area contributed by atoms with Crippen LogP contribution >= 0.6 is 24.0 Å². The Labute approximate surface area is 212 Å². The van der Waals surface area contributed by atoms with E-state index in [1.165, 1.54) is 16.2 Å². The Kier molecular flexibility index (Phi) is 7.97. The molecule has 1 aromatic carbocycles. The third-order valence-corrected chi connectivity index (χ3v) is 6.88. The van der Waals surface area contributed by atoms with Gasteiger partial charge in [-0.3, -0.25) is 18.9 Å². The highest BCUT2D eigenvalue weighted by Gasteiger charge is 2.36. The average molecular weight is 511 g/mol. The maximum absolute atomic E-state index is 13.5. The number of hydrogen-bond donors (Lipinski definition) is 2. The number of rotatable bonds is 9. The van der Waals surface area contributed by atoms with Gasteiger partial charge in [-0.1, -0.05) is 60.4 Å². The lowest BCUT2D eigenvalue weighted by Crippen LogP contribution is -2.31. The highest BCUT2D eigenvalue weighted by atomic mass is 32.2. The number of nitrogens with one attached hydrogen (secondary N) is 1. The maximum Gasteiger partial charge on any atom is 0.267 e. The summed E-state index contributed by atoms with van der Waals surface area (Å²) in [6.45, 7) is 4.68. The first-order valence-corrected chi connectivity index (χ1v) is 12.4. The number of aromatic nitrogens is 2. The van der Waals surface area contributed by atoms with Crippen molar-refractivity contribution in [2.45, 2.75) is 19.9 Å². The molecular weight excluding hydrogens is 484 g/mol. The van der Waals surface area contributed by atoms with Gasteiger partial charge in [-0.2, -0.15) is 0 Å². The number of aliphatic hydroxyl groups excluding tert-OH is 1. The molecule has 0 spiro atoms. The van der Waals surface area contributed by atoms with Gasteiger partial charge in [-0.15, -0.1) is 0 Å². The van der Waals surface area contributed by atoms with Gasteiger partial charge in [-0.25, -0.2) is 4.98 Å². The molecule has 3 heterocycles. The van der Waals surface area contributed by atoms with Gasteiger partial charge in [0.1, 0.15) is 15.8 Å². The molecule has 1 atom stereocenters. The molecule has 0 aliphatic carbocycles. The van der Waals surface area contributed by atoms with E-state index in [0.717, 1.165) is 11.1 Å². The van der Waals surface area contributed by atoms with Gasteiger partial charge in [0.05, 0.1) is 36.3 Å². The van der Waals surface area contributed by atoms with Gasteiger partial charge in [0.25, 0.3) is 11.5 Å². The lowest BCUT2D eigenvalue weighted by molar-refractivity contribution is -0.123. The Morgan fingerprint density at radius 1 is 1.20 bits per heavy atom. The van der Waals surface area contributed by atoms with Crippen molar-refractivity contribution in [1.29, 1.82) is 0 Å². The van der Waals surface area contributed by atoms with E-state index >= 15 is 0 Å². The fraction of sp³-hybridized carbons (Fsp3) is 0.280.